The number of para-hydroxylation sites is 1. The molecule has 7 nitrogen and oxygen atoms in total. The molecule has 1 aliphatic rings. The van der Waals surface area contributed by atoms with Crippen LogP contribution in [0, 0.1) is 0 Å². The first-order chi connectivity index (χ1) is 15.1. The Morgan fingerprint density at radius 3 is 2.47 bits per heavy atom. The van der Waals surface area contributed by atoms with Gasteiger partial charge in [-0.25, -0.2) is 4.99 Å². The number of rotatable bonds is 9. The number of methoxy groups -OCH3 is 1. The Balaban J connectivity index is 0.00000363. The number of ether oxygens (including phenoxy) is 2. The third-order valence-corrected chi connectivity index (χ3v) is 5.32. The highest BCUT2D eigenvalue weighted by atomic mass is 127. The molecule has 0 aromatic heterocycles. The first-order valence-electron chi connectivity index (χ1n) is 10.8. The summed E-state index contributed by atoms with van der Waals surface area (Å²) < 4.78 is 11.9. The van der Waals surface area contributed by atoms with Crippen LogP contribution < -0.4 is 25.8 Å². The molecule has 1 amide bonds. The molecule has 0 bridgehead atoms. The van der Waals surface area contributed by atoms with Gasteiger partial charge in [0.2, 0.25) is 5.91 Å². The van der Waals surface area contributed by atoms with Crippen molar-refractivity contribution in [1.29, 1.82) is 0 Å². The van der Waals surface area contributed by atoms with Gasteiger partial charge in [-0.1, -0.05) is 24.3 Å². The molecule has 0 saturated heterocycles. The molecule has 0 atom stereocenters. The van der Waals surface area contributed by atoms with Crippen molar-refractivity contribution in [3.63, 3.8) is 0 Å². The van der Waals surface area contributed by atoms with E-state index in [0.717, 1.165) is 42.0 Å². The van der Waals surface area contributed by atoms with E-state index >= 15 is 0 Å². The second kappa shape index (κ2) is 13.1. The maximum Gasteiger partial charge on any atom is 0.248 e. The number of nitrogens with one attached hydrogen (secondary N) is 2. The van der Waals surface area contributed by atoms with Crippen molar-refractivity contribution in [2.24, 2.45) is 10.7 Å². The van der Waals surface area contributed by atoms with Crippen LogP contribution in [0.15, 0.2) is 47.5 Å². The van der Waals surface area contributed by atoms with Gasteiger partial charge in [-0.2, -0.15) is 0 Å². The zero-order valence-corrected chi connectivity index (χ0v) is 21.1. The molecule has 0 unspecified atom stereocenters. The molecule has 0 heterocycles. The van der Waals surface area contributed by atoms with Gasteiger partial charge in [-0.3, -0.25) is 4.79 Å². The lowest BCUT2D eigenvalue weighted by atomic mass is 10.1. The lowest BCUT2D eigenvalue weighted by Gasteiger charge is -2.20. The zero-order chi connectivity index (χ0) is 22.1. The summed E-state index contributed by atoms with van der Waals surface area (Å²) in [6, 6.07) is 13.1. The fourth-order valence-electron chi connectivity index (χ4n) is 3.63. The van der Waals surface area contributed by atoms with Crippen LogP contribution in [0.4, 0.5) is 0 Å². The summed E-state index contributed by atoms with van der Waals surface area (Å²) in [7, 11) is 1.67. The quantitative estimate of drug-likeness (QED) is 0.248. The maximum atomic E-state index is 11.2. The van der Waals surface area contributed by atoms with Gasteiger partial charge in [0.05, 0.1) is 19.8 Å². The number of primary amides is 1. The van der Waals surface area contributed by atoms with Crippen molar-refractivity contribution in [3.05, 3.63) is 59.2 Å². The molecule has 8 heteroatoms. The Hall–Kier alpha value is -2.49. The molecule has 0 spiro atoms. The molecule has 4 N–H and O–H groups in total. The lowest BCUT2D eigenvalue weighted by molar-refractivity contribution is 0.100. The number of benzene rings is 2. The van der Waals surface area contributed by atoms with Crippen LogP contribution in [0.1, 0.15) is 54.1 Å². The number of carbonyl (C=O) groups excluding carboxylic acids is 1. The van der Waals surface area contributed by atoms with Gasteiger partial charge in [-0.05, 0) is 56.4 Å². The van der Waals surface area contributed by atoms with Crippen LogP contribution in [0.3, 0.4) is 0 Å². The van der Waals surface area contributed by atoms with Crippen molar-refractivity contribution >= 4 is 35.8 Å². The van der Waals surface area contributed by atoms with Gasteiger partial charge >= 0.3 is 0 Å². The summed E-state index contributed by atoms with van der Waals surface area (Å²) >= 11 is 0. The first kappa shape index (κ1) is 25.8. The standard InChI is InChI=1S/C24H32N4O3.HI/c1-3-26-24(27-15-17-11-13-18(14-12-17)23(25)29)28-16-19-7-6-10-21(30-2)22(19)31-20-8-4-5-9-20;/h6-7,10-14,20H,3-5,8-9,15-16H2,1-2H3,(H2,25,29)(H2,26,27,28);1H. The Bertz CT molecular complexity index is 897. The average Bonchev–Trinajstić information content (AvgIpc) is 3.30. The molecule has 2 aromatic carbocycles. The van der Waals surface area contributed by atoms with Crippen LogP contribution in [0.2, 0.25) is 0 Å². The molecular formula is C24H33IN4O3. The van der Waals surface area contributed by atoms with Crippen LogP contribution in [-0.4, -0.2) is 31.6 Å². The highest BCUT2D eigenvalue weighted by Gasteiger charge is 2.20. The van der Waals surface area contributed by atoms with E-state index in [1.165, 1.54) is 12.8 Å². The maximum absolute atomic E-state index is 11.2. The molecule has 174 valence electrons. The van der Waals surface area contributed by atoms with Gasteiger partial charge in [-0.15, -0.1) is 24.0 Å². The minimum atomic E-state index is -0.432. The van der Waals surface area contributed by atoms with E-state index in [1.54, 1.807) is 19.2 Å². The predicted molar refractivity (Wildman–Crippen MR) is 138 cm³/mol. The van der Waals surface area contributed by atoms with E-state index < -0.39 is 5.91 Å². The van der Waals surface area contributed by atoms with E-state index in [9.17, 15) is 4.79 Å². The van der Waals surface area contributed by atoms with Gasteiger partial charge in [0.15, 0.2) is 17.5 Å². The number of hydrogen-bond acceptors (Lipinski definition) is 4. The fraction of sp³-hybridized carbons (Fsp3) is 0.417. The lowest BCUT2D eigenvalue weighted by Crippen LogP contribution is -2.37. The summed E-state index contributed by atoms with van der Waals surface area (Å²) in [5, 5.41) is 6.65. The summed E-state index contributed by atoms with van der Waals surface area (Å²) in [5.74, 6) is 1.83. The summed E-state index contributed by atoms with van der Waals surface area (Å²) in [5.41, 5.74) is 7.81. The van der Waals surface area contributed by atoms with Crippen LogP contribution in [-0.2, 0) is 13.1 Å². The average molecular weight is 552 g/mol. The fourth-order valence-corrected chi connectivity index (χ4v) is 3.63. The highest BCUT2D eigenvalue weighted by Crippen LogP contribution is 2.34. The van der Waals surface area contributed by atoms with Crippen LogP contribution >= 0.6 is 24.0 Å². The van der Waals surface area contributed by atoms with Crippen molar-refractivity contribution in [3.8, 4) is 11.5 Å². The molecule has 1 aliphatic carbocycles. The smallest absolute Gasteiger partial charge is 0.248 e. The molecule has 0 aliphatic heterocycles. The van der Waals surface area contributed by atoms with E-state index in [0.29, 0.717) is 24.6 Å². The molecule has 1 fully saturated rings. The Kier molecular flexibility index (Phi) is 10.6. The molecule has 1 saturated carbocycles. The normalized spacial score (nSPS) is 13.9. The number of nitrogens with two attached hydrogens (primary N) is 1. The van der Waals surface area contributed by atoms with E-state index in [-0.39, 0.29) is 30.1 Å². The predicted octanol–water partition coefficient (Wildman–Crippen LogP) is 3.99. The third-order valence-electron chi connectivity index (χ3n) is 5.32. The monoisotopic (exact) mass is 552 g/mol. The van der Waals surface area contributed by atoms with Gasteiger partial charge in [0.25, 0.3) is 0 Å². The van der Waals surface area contributed by atoms with Gasteiger partial charge < -0.3 is 25.8 Å². The Morgan fingerprint density at radius 2 is 1.84 bits per heavy atom. The minimum absolute atomic E-state index is 0. The number of aliphatic imine (C=N–C) groups is 1. The third kappa shape index (κ3) is 7.29. The van der Waals surface area contributed by atoms with Crippen LogP contribution in [0.25, 0.3) is 0 Å². The van der Waals surface area contributed by atoms with Crippen LogP contribution in [0.5, 0.6) is 11.5 Å². The molecule has 0 radical (unpaired) electrons. The summed E-state index contributed by atoms with van der Waals surface area (Å²) in [6.07, 6.45) is 4.85. The number of carbonyl (C=O) groups is 1. The van der Waals surface area contributed by atoms with Crippen molar-refractivity contribution in [1.82, 2.24) is 10.6 Å². The van der Waals surface area contributed by atoms with Crippen molar-refractivity contribution in [2.75, 3.05) is 13.7 Å². The molecule has 2 aromatic rings. The summed E-state index contributed by atoms with van der Waals surface area (Å²) in [6.45, 7) is 3.82. The SMILES string of the molecule is CCNC(=NCc1ccc(C(N)=O)cc1)NCc1cccc(OC)c1OC1CCCC1.I. The number of hydrogen-bond donors (Lipinski definition) is 3. The second-order valence-electron chi connectivity index (χ2n) is 7.58. The number of amides is 1. The van der Waals surface area contributed by atoms with E-state index in [1.807, 2.05) is 37.3 Å². The molecular weight excluding hydrogens is 519 g/mol. The van der Waals surface area contributed by atoms with Crippen molar-refractivity contribution in [2.45, 2.75) is 51.8 Å². The van der Waals surface area contributed by atoms with E-state index in [2.05, 4.69) is 15.6 Å². The molecule has 32 heavy (non-hydrogen) atoms. The van der Waals surface area contributed by atoms with E-state index in [4.69, 9.17) is 15.2 Å². The summed E-state index contributed by atoms with van der Waals surface area (Å²) in [4.78, 5) is 15.9. The highest BCUT2D eigenvalue weighted by molar-refractivity contribution is 14.0. The number of halogens is 1. The van der Waals surface area contributed by atoms with Gasteiger partial charge in [0, 0.05) is 24.2 Å². The topological polar surface area (TPSA) is 98.0 Å². The zero-order valence-electron chi connectivity index (χ0n) is 18.7. The van der Waals surface area contributed by atoms with Crippen molar-refractivity contribution < 1.29 is 14.3 Å². The first-order valence-corrected chi connectivity index (χ1v) is 10.8. The molecule has 3 rings (SSSR count). The number of guanidine groups is 1. The van der Waals surface area contributed by atoms with Gasteiger partial charge in [0.1, 0.15) is 0 Å². The largest absolute Gasteiger partial charge is 0.493 e. The minimum Gasteiger partial charge on any atom is -0.493 e. The number of nitrogens with zero attached hydrogens (tertiary/aromatic N) is 1. The Morgan fingerprint density at radius 1 is 1.12 bits per heavy atom. The Labute approximate surface area is 207 Å². The second-order valence-corrected chi connectivity index (χ2v) is 7.58.